The van der Waals surface area contributed by atoms with Gasteiger partial charge in [-0.05, 0) is 55.4 Å². The van der Waals surface area contributed by atoms with Crippen LogP contribution in [-0.4, -0.2) is 13.1 Å². The lowest BCUT2D eigenvalue weighted by molar-refractivity contribution is -0.145. The Labute approximate surface area is 96.6 Å². The molecular weight excluding hydrogens is 200 g/mol. The fraction of sp³-hybridized carbons (Fsp3) is 0.500. The third-order valence-corrected chi connectivity index (χ3v) is 3.63. The van der Waals surface area contributed by atoms with Gasteiger partial charge in [0.2, 0.25) is 0 Å². The number of hydrogen-bond acceptors (Lipinski definition) is 2. The van der Waals surface area contributed by atoms with Crippen LogP contribution in [0.3, 0.4) is 0 Å². The summed E-state index contributed by atoms with van der Waals surface area (Å²) in [6.07, 6.45) is 2.77. The monoisotopic (exact) mass is 218 g/mol. The third kappa shape index (κ3) is 1.84. The number of carbonyl (C=O) groups excluding carboxylic acids is 1. The Morgan fingerprint density at radius 1 is 1.25 bits per heavy atom. The molecule has 1 aliphatic rings. The predicted octanol–water partition coefficient (Wildman–Crippen LogP) is 2.58. The van der Waals surface area contributed by atoms with Gasteiger partial charge in [-0.2, -0.15) is 0 Å². The molecule has 0 N–H and O–H groups in total. The van der Waals surface area contributed by atoms with Crippen molar-refractivity contribution in [3.05, 3.63) is 34.4 Å². The van der Waals surface area contributed by atoms with E-state index in [2.05, 4.69) is 26.0 Å². The third-order valence-electron chi connectivity index (χ3n) is 3.63. The van der Waals surface area contributed by atoms with Crippen LogP contribution in [0.25, 0.3) is 0 Å². The van der Waals surface area contributed by atoms with Gasteiger partial charge in [-0.15, -0.1) is 0 Å². The Morgan fingerprint density at radius 3 is 2.50 bits per heavy atom. The summed E-state index contributed by atoms with van der Waals surface area (Å²) in [5.41, 5.74) is 5.46. The molecular formula is C14H18O2. The highest BCUT2D eigenvalue weighted by Crippen LogP contribution is 2.30. The number of aryl methyl sites for hydroxylation is 2. The SMILES string of the molecule is COC(=O)C1CCc2c(C)ccc(C)c2C1. The first-order chi connectivity index (χ1) is 7.63. The number of rotatable bonds is 1. The molecule has 0 aromatic heterocycles. The van der Waals surface area contributed by atoms with Crippen LogP contribution in [0.2, 0.25) is 0 Å². The smallest absolute Gasteiger partial charge is 0.309 e. The molecule has 86 valence electrons. The first kappa shape index (κ1) is 11.2. The summed E-state index contributed by atoms with van der Waals surface area (Å²) in [5, 5.41) is 0. The number of carbonyl (C=O) groups is 1. The molecule has 0 aliphatic heterocycles. The lowest BCUT2D eigenvalue weighted by Gasteiger charge is -2.25. The molecule has 2 rings (SSSR count). The van der Waals surface area contributed by atoms with Crippen molar-refractivity contribution in [2.45, 2.75) is 33.1 Å². The molecule has 1 unspecified atom stereocenters. The highest BCUT2D eigenvalue weighted by Gasteiger charge is 2.26. The topological polar surface area (TPSA) is 26.3 Å². The van der Waals surface area contributed by atoms with E-state index in [4.69, 9.17) is 4.74 Å². The average Bonchev–Trinajstić information content (AvgIpc) is 2.32. The molecule has 0 heterocycles. The first-order valence-corrected chi connectivity index (χ1v) is 5.79. The Balaban J connectivity index is 2.33. The average molecular weight is 218 g/mol. The number of methoxy groups -OCH3 is 1. The molecule has 0 saturated carbocycles. The van der Waals surface area contributed by atoms with E-state index in [1.54, 1.807) is 0 Å². The zero-order chi connectivity index (χ0) is 11.7. The zero-order valence-electron chi connectivity index (χ0n) is 10.2. The Kier molecular flexibility index (Phi) is 2.99. The van der Waals surface area contributed by atoms with Crippen molar-refractivity contribution >= 4 is 5.97 Å². The Morgan fingerprint density at radius 2 is 1.88 bits per heavy atom. The van der Waals surface area contributed by atoms with Gasteiger partial charge in [0.05, 0.1) is 13.0 Å². The van der Waals surface area contributed by atoms with Crippen molar-refractivity contribution in [1.29, 1.82) is 0 Å². The standard InChI is InChI=1S/C14H18O2/c1-9-4-5-10(2)13-8-11(14(15)16-3)6-7-12(9)13/h4-5,11H,6-8H2,1-3H3. The van der Waals surface area contributed by atoms with Crippen molar-refractivity contribution in [3.63, 3.8) is 0 Å². The zero-order valence-corrected chi connectivity index (χ0v) is 10.2. The van der Waals surface area contributed by atoms with Crippen molar-refractivity contribution in [2.75, 3.05) is 7.11 Å². The second kappa shape index (κ2) is 4.28. The minimum atomic E-state index is -0.0634. The normalized spacial score (nSPS) is 19.1. The molecule has 1 aromatic rings. The Bertz CT molecular complexity index is 421. The molecule has 0 bridgehead atoms. The molecule has 2 heteroatoms. The lowest BCUT2D eigenvalue weighted by Crippen LogP contribution is -2.24. The van der Waals surface area contributed by atoms with Gasteiger partial charge in [0, 0.05) is 0 Å². The van der Waals surface area contributed by atoms with Crippen LogP contribution in [0.1, 0.15) is 28.7 Å². The first-order valence-electron chi connectivity index (χ1n) is 5.79. The summed E-state index contributed by atoms with van der Waals surface area (Å²) < 4.78 is 4.84. The van der Waals surface area contributed by atoms with Crippen molar-refractivity contribution < 1.29 is 9.53 Å². The van der Waals surface area contributed by atoms with Gasteiger partial charge in [0.25, 0.3) is 0 Å². The second-order valence-electron chi connectivity index (χ2n) is 4.62. The van der Waals surface area contributed by atoms with Crippen LogP contribution in [0.15, 0.2) is 12.1 Å². The summed E-state index contributed by atoms with van der Waals surface area (Å²) in [7, 11) is 1.47. The highest BCUT2D eigenvalue weighted by atomic mass is 16.5. The van der Waals surface area contributed by atoms with Gasteiger partial charge >= 0.3 is 5.97 Å². The summed E-state index contributed by atoms with van der Waals surface area (Å²) in [5.74, 6) is -0.00967. The van der Waals surface area contributed by atoms with Crippen LogP contribution >= 0.6 is 0 Å². The van der Waals surface area contributed by atoms with E-state index in [0.717, 1.165) is 19.3 Å². The van der Waals surface area contributed by atoms with E-state index in [0.29, 0.717) is 0 Å². The van der Waals surface area contributed by atoms with Crippen molar-refractivity contribution in [3.8, 4) is 0 Å². The molecule has 1 aromatic carbocycles. The van der Waals surface area contributed by atoms with Crippen molar-refractivity contribution in [2.24, 2.45) is 5.92 Å². The molecule has 1 aliphatic carbocycles. The van der Waals surface area contributed by atoms with Gasteiger partial charge in [-0.3, -0.25) is 4.79 Å². The second-order valence-corrected chi connectivity index (χ2v) is 4.62. The van der Waals surface area contributed by atoms with E-state index in [-0.39, 0.29) is 11.9 Å². The van der Waals surface area contributed by atoms with E-state index in [1.165, 1.54) is 29.4 Å². The maximum atomic E-state index is 11.6. The van der Waals surface area contributed by atoms with Gasteiger partial charge < -0.3 is 4.74 Å². The van der Waals surface area contributed by atoms with Gasteiger partial charge in [0.1, 0.15) is 0 Å². The molecule has 16 heavy (non-hydrogen) atoms. The molecule has 2 nitrogen and oxygen atoms in total. The van der Waals surface area contributed by atoms with Crippen LogP contribution in [0.4, 0.5) is 0 Å². The van der Waals surface area contributed by atoms with Crippen LogP contribution < -0.4 is 0 Å². The van der Waals surface area contributed by atoms with E-state index < -0.39 is 0 Å². The highest BCUT2D eigenvalue weighted by molar-refractivity contribution is 5.73. The number of hydrogen-bond donors (Lipinski definition) is 0. The van der Waals surface area contributed by atoms with Crippen molar-refractivity contribution in [1.82, 2.24) is 0 Å². The summed E-state index contributed by atoms with van der Waals surface area (Å²) >= 11 is 0. The fourth-order valence-corrected chi connectivity index (χ4v) is 2.59. The van der Waals surface area contributed by atoms with E-state index in [9.17, 15) is 4.79 Å². The predicted molar refractivity (Wildman–Crippen MR) is 63.4 cm³/mol. The van der Waals surface area contributed by atoms with Crippen LogP contribution in [0.5, 0.6) is 0 Å². The van der Waals surface area contributed by atoms with E-state index in [1.807, 2.05) is 0 Å². The van der Waals surface area contributed by atoms with Crippen LogP contribution in [-0.2, 0) is 22.4 Å². The number of esters is 1. The summed E-state index contributed by atoms with van der Waals surface area (Å²) in [6.45, 7) is 4.27. The molecule has 0 radical (unpaired) electrons. The van der Waals surface area contributed by atoms with Crippen LogP contribution in [0, 0.1) is 19.8 Å². The minimum absolute atomic E-state index is 0.0537. The maximum Gasteiger partial charge on any atom is 0.309 e. The van der Waals surface area contributed by atoms with Gasteiger partial charge in [-0.1, -0.05) is 12.1 Å². The molecule has 0 spiro atoms. The van der Waals surface area contributed by atoms with E-state index >= 15 is 0 Å². The van der Waals surface area contributed by atoms with Gasteiger partial charge in [-0.25, -0.2) is 0 Å². The summed E-state index contributed by atoms with van der Waals surface area (Å²) in [6, 6.07) is 4.32. The maximum absolute atomic E-state index is 11.6. The number of benzene rings is 1. The molecule has 0 saturated heterocycles. The molecule has 0 amide bonds. The quantitative estimate of drug-likeness (QED) is 0.677. The molecule has 1 atom stereocenters. The lowest BCUT2D eigenvalue weighted by atomic mass is 9.80. The number of ether oxygens (including phenoxy) is 1. The fourth-order valence-electron chi connectivity index (χ4n) is 2.59. The Hall–Kier alpha value is -1.31. The molecule has 0 fully saturated rings. The largest absolute Gasteiger partial charge is 0.469 e. The van der Waals surface area contributed by atoms with Gasteiger partial charge in [0.15, 0.2) is 0 Å². The summed E-state index contributed by atoms with van der Waals surface area (Å²) in [4.78, 5) is 11.6. The number of fused-ring (bicyclic) bond motifs is 1. The minimum Gasteiger partial charge on any atom is -0.469 e.